The lowest BCUT2D eigenvalue weighted by Gasteiger charge is -2.44. The van der Waals surface area contributed by atoms with Gasteiger partial charge in [0.05, 0.1) is 6.10 Å². The maximum absolute atomic E-state index is 10.3. The highest BCUT2D eigenvalue weighted by atomic mass is 16.3. The molecule has 0 aromatic carbocycles. The molecule has 0 aliphatic carbocycles. The van der Waals surface area contributed by atoms with Crippen LogP contribution in [0.2, 0.25) is 0 Å². The van der Waals surface area contributed by atoms with Gasteiger partial charge in [-0.25, -0.2) is 0 Å². The van der Waals surface area contributed by atoms with Gasteiger partial charge in [0.2, 0.25) is 0 Å². The lowest BCUT2D eigenvalue weighted by Crippen LogP contribution is -2.54. The maximum Gasteiger partial charge on any atom is 0.0721 e. The summed E-state index contributed by atoms with van der Waals surface area (Å²) >= 11 is 0. The summed E-state index contributed by atoms with van der Waals surface area (Å²) in [5.74, 6) is 0. The SMILES string of the molecule is C=C(C)CCC(O)C(C)(C)N1CCCCC1. The largest absolute Gasteiger partial charge is 0.391 e. The predicted molar refractivity (Wildman–Crippen MR) is 69.6 cm³/mol. The Kier molecular flexibility index (Phi) is 5.00. The van der Waals surface area contributed by atoms with Gasteiger partial charge < -0.3 is 5.11 Å². The first-order chi connectivity index (χ1) is 7.44. The monoisotopic (exact) mass is 225 g/mol. The molecule has 1 saturated heterocycles. The van der Waals surface area contributed by atoms with Crippen molar-refractivity contribution in [2.24, 2.45) is 0 Å². The number of likely N-dealkylation sites (tertiary alicyclic amines) is 1. The van der Waals surface area contributed by atoms with Gasteiger partial charge in [-0.05, 0) is 59.5 Å². The Bertz CT molecular complexity index is 229. The minimum Gasteiger partial charge on any atom is -0.391 e. The van der Waals surface area contributed by atoms with Crippen LogP contribution in [0.1, 0.15) is 52.9 Å². The summed E-state index contributed by atoms with van der Waals surface area (Å²) in [7, 11) is 0. The molecule has 0 bridgehead atoms. The molecule has 0 saturated carbocycles. The molecule has 0 spiro atoms. The normalized spacial score (nSPS) is 20.8. The van der Waals surface area contributed by atoms with Crippen LogP contribution in [0.15, 0.2) is 12.2 Å². The van der Waals surface area contributed by atoms with Gasteiger partial charge in [0.25, 0.3) is 0 Å². The van der Waals surface area contributed by atoms with E-state index in [9.17, 15) is 5.11 Å². The van der Waals surface area contributed by atoms with Gasteiger partial charge in [0.1, 0.15) is 0 Å². The molecule has 0 radical (unpaired) electrons. The fourth-order valence-electron chi connectivity index (χ4n) is 2.42. The van der Waals surface area contributed by atoms with Gasteiger partial charge in [0, 0.05) is 5.54 Å². The molecule has 16 heavy (non-hydrogen) atoms. The van der Waals surface area contributed by atoms with Crippen molar-refractivity contribution >= 4 is 0 Å². The first-order valence-electron chi connectivity index (χ1n) is 6.52. The number of aliphatic hydroxyl groups is 1. The second-order valence-corrected chi connectivity index (χ2v) is 5.71. The summed E-state index contributed by atoms with van der Waals surface area (Å²) in [4.78, 5) is 2.44. The van der Waals surface area contributed by atoms with Crippen LogP contribution in [-0.4, -0.2) is 34.7 Å². The van der Waals surface area contributed by atoms with Gasteiger partial charge in [-0.15, -0.1) is 6.58 Å². The van der Waals surface area contributed by atoms with Crippen LogP contribution in [-0.2, 0) is 0 Å². The summed E-state index contributed by atoms with van der Waals surface area (Å²) in [6.45, 7) is 12.5. The smallest absolute Gasteiger partial charge is 0.0721 e. The molecule has 1 unspecified atom stereocenters. The average molecular weight is 225 g/mol. The third-order valence-corrected chi connectivity index (χ3v) is 3.83. The average Bonchev–Trinajstić information content (AvgIpc) is 2.27. The first-order valence-corrected chi connectivity index (χ1v) is 6.52. The predicted octanol–water partition coefficient (Wildman–Crippen LogP) is 2.97. The topological polar surface area (TPSA) is 23.5 Å². The molecule has 1 atom stereocenters. The van der Waals surface area contributed by atoms with Crippen LogP contribution < -0.4 is 0 Å². The van der Waals surface area contributed by atoms with E-state index in [0.29, 0.717) is 0 Å². The summed E-state index contributed by atoms with van der Waals surface area (Å²) in [6.07, 6.45) is 5.40. The van der Waals surface area contributed by atoms with Crippen LogP contribution >= 0.6 is 0 Å². The highest BCUT2D eigenvalue weighted by molar-refractivity contribution is 4.94. The van der Waals surface area contributed by atoms with Crippen molar-refractivity contribution in [3.8, 4) is 0 Å². The van der Waals surface area contributed by atoms with Gasteiger partial charge >= 0.3 is 0 Å². The van der Waals surface area contributed by atoms with E-state index in [1.54, 1.807) is 0 Å². The number of hydrogen-bond donors (Lipinski definition) is 1. The third kappa shape index (κ3) is 3.60. The number of piperidine rings is 1. The lowest BCUT2D eigenvalue weighted by atomic mass is 9.89. The first kappa shape index (κ1) is 13.7. The molecular formula is C14H27NO. The Morgan fingerprint density at radius 3 is 2.38 bits per heavy atom. The van der Waals surface area contributed by atoms with E-state index in [2.05, 4.69) is 25.3 Å². The fourth-order valence-corrected chi connectivity index (χ4v) is 2.42. The molecule has 1 fully saturated rings. The van der Waals surface area contributed by atoms with Crippen molar-refractivity contribution in [3.63, 3.8) is 0 Å². The molecule has 1 aliphatic rings. The van der Waals surface area contributed by atoms with Gasteiger partial charge in [-0.1, -0.05) is 12.0 Å². The quantitative estimate of drug-likeness (QED) is 0.727. The van der Waals surface area contributed by atoms with Crippen molar-refractivity contribution in [2.75, 3.05) is 13.1 Å². The highest BCUT2D eigenvalue weighted by Crippen LogP contribution is 2.26. The van der Waals surface area contributed by atoms with E-state index >= 15 is 0 Å². The molecule has 2 nitrogen and oxygen atoms in total. The highest BCUT2D eigenvalue weighted by Gasteiger charge is 2.34. The zero-order valence-corrected chi connectivity index (χ0v) is 11.1. The Morgan fingerprint density at radius 2 is 1.88 bits per heavy atom. The molecule has 1 rings (SSSR count). The summed E-state index contributed by atoms with van der Waals surface area (Å²) in [5, 5.41) is 10.3. The van der Waals surface area contributed by atoms with Crippen molar-refractivity contribution in [1.29, 1.82) is 0 Å². The van der Waals surface area contributed by atoms with E-state index < -0.39 is 0 Å². The van der Waals surface area contributed by atoms with E-state index in [1.165, 1.54) is 19.3 Å². The van der Waals surface area contributed by atoms with Crippen LogP contribution in [0.25, 0.3) is 0 Å². The minimum atomic E-state index is -0.248. The molecule has 0 aromatic heterocycles. The summed E-state index contributed by atoms with van der Waals surface area (Å²) < 4.78 is 0. The van der Waals surface area contributed by atoms with Crippen LogP contribution in [0.4, 0.5) is 0 Å². The zero-order valence-electron chi connectivity index (χ0n) is 11.1. The van der Waals surface area contributed by atoms with Crippen molar-refractivity contribution in [3.05, 3.63) is 12.2 Å². The van der Waals surface area contributed by atoms with Gasteiger partial charge in [-0.2, -0.15) is 0 Å². The Hall–Kier alpha value is -0.340. The standard InChI is InChI=1S/C14H27NO/c1-12(2)8-9-13(16)14(3,4)15-10-6-5-7-11-15/h13,16H,1,5-11H2,2-4H3. The summed E-state index contributed by atoms with van der Waals surface area (Å²) in [5.41, 5.74) is 1.07. The molecule has 1 heterocycles. The molecule has 0 aromatic rings. The van der Waals surface area contributed by atoms with E-state index in [-0.39, 0.29) is 11.6 Å². The van der Waals surface area contributed by atoms with Gasteiger partial charge in [-0.3, -0.25) is 4.90 Å². The second kappa shape index (κ2) is 5.83. The molecule has 0 amide bonds. The Balaban J connectivity index is 2.49. The van der Waals surface area contributed by atoms with Crippen molar-refractivity contribution < 1.29 is 5.11 Å². The number of rotatable bonds is 5. The molecule has 1 aliphatic heterocycles. The molecular weight excluding hydrogens is 198 g/mol. The van der Waals surface area contributed by atoms with Crippen LogP contribution in [0.5, 0.6) is 0 Å². The van der Waals surface area contributed by atoms with Gasteiger partial charge in [0.15, 0.2) is 0 Å². The summed E-state index contributed by atoms with van der Waals surface area (Å²) in [6, 6.07) is 0. The minimum absolute atomic E-state index is 0.0874. The Morgan fingerprint density at radius 1 is 1.31 bits per heavy atom. The van der Waals surface area contributed by atoms with E-state index in [0.717, 1.165) is 31.5 Å². The lowest BCUT2D eigenvalue weighted by molar-refractivity contribution is -0.0228. The molecule has 2 heteroatoms. The maximum atomic E-state index is 10.3. The van der Waals surface area contributed by atoms with Crippen LogP contribution in [0.3, 0.4) is 0 Å². The fraction of sp³-hybridized carbons (Fsp3) is 0.857. The number of hydrogen-bond acceptors (Lipinski definition) is 2. The number of nitrogens with zero attached hydrogens (tertiary/aromatic N) is 1. The number of aliphatic hydroxyl groups excluding tert-OH is 1. The van der Waals surface area contributed by atoms with Crippen LogP contribution in [0, 0.1) is 0 Å². The third-order valence-electron chi connectivity index (χ3n) is 3.83. The molecule has 94 valence electrons. The van der Waals surface area contributed by atoms with Crippen molar-refractivity contribution in [2.45, 2.75) is 64.5 Å². The number of allylic oxidation sites excluding steroid dienone is 1. The van der Waals surface area contributed by atoms with E-state index in [4.69, 9.17) is 0 Å². The van der Waals surface area contributed by atoms with E-state index in [1.807, 2.05) is 6.92 Å². The second-order valence-electron chi connectivity index (χ2n) is 5.71. The zero-order chi connectivity index (χ0) is 12.2. The molecule has 1 N–H and O–H groups in total. The van der Waals surface area contributed by atoms with Crippen molar-refractivity contribution in [1.82, 2.24) is 4.90 Å². The Labute approximate surface area is 100 Å².